The molecule has 1 aliphatic heterocycles. The van der Waals surface area contributed by atoms with E-state index < -0.39 is 22.9 Å². The molecule has 0 aliphatic carbocycles. The van der Waals surface area contributed by atoms with Crippen molar-refractivity contribution >= 4 is 69.8 Å². The Hall–Kier alpha value is -2.84. The highest BCUT2D eigenvalue weighted by molar-refractivity contribution is 8.18. The first-order chi connectivity index (χ1) is 16.2. The normalized spacial score (nSPS) is 14.7. The molecular formula is C24H13Cl3FNO4S. The summed E-state index contributed by atoms with van der Waals surface area (Å²) in [5, 5.41) is 0.0518. The summed E-state index contributed by atoms with van der Waals surface area (Å²) >= 11 is 18.9. The number of amides is 2. The van der Waals surface area contributed by atoms with E-state index in [-0.39, 0.29) is 38.4 Å². The molecule has 0 N–H and O–H groups in total. The van der Waals surface area contributed by atoms with Gasteiger partial charge in [-0.3, -0.25) is 14.5 Å². The van der Waals surface area contributed by atoms with Crippen LogP contribution in [0.5, 0.6) is 5.75 Å². The summed E-state index contributed by atoms with van der Waals surface area (Å²) in [6.45, 7) is -0.322. The number of carbonyl (C=O) groups is 3. The van der Waals surface area contributed by atoms with Gasteiger partial charge < -0.3 is 4.74 Å². The molecule has 0 spiro atoms. The summed E-state index contributed by atoms with van der Waals surface area (Å²) in [7, 11) is 0. The van der Waals surface area contributed by atoms with E-state index in [0.717, 1.165) is 4.90 Å². The van der Waals surface area contributed by atoms with Crippen molar-refractivity contribution in [1.29, 1.82) is 0 Å². The van der Waals surface area contributed by atoms with Crippen molar-refractivity contribution in [2.24, 2.45) is 0 Å². The van der Waals surface area contributed by atoms with E-state index in [0.29, 0.717) is 22.3 Å². The molecule has 1 fully saturated rings. The Morgan fingerprint density at radius 3 is 2.47 bits per heavy atom. The Bertz CT molecular complexity index is 1340. The number of thioether (sulfide) groups is 1. The molecule has 0 bridgehead atoms. The van der Waals surface area contributed by atoms with Crippen molar-refractivity contribution in [2.75, 3.05) is 0 Å². The van der Waals surface area contributed by atoms with Gasteiger partial charge in [0.05, 0.1) is 22.0 Å². The lowest BCUT2D eigenvalue weighted by Crippen LogP contribution is -2.28. The molecule has 172 valence electrons. The zero-order valence-electron chi connectivity index (χ0n) is 17.1. The molecule has 34 heavy (non-hydrogen) atoms. The van der Waals surface area contributed by atoms with E-state index in [1.165, 1.54) is 48.5 Å². The third kappa shape index (κ3) is 5.13. The summed E-state index contributed by atoms with van der Waals surface area (Å²) in [6, 6.07) is 14.9. The second-order valence-electron chi connectivity index (χ2n) is 7.02. The predicted octanol–water partition coefficient (Wildman–Crippen LogP) is 7.24. The first kappa shape index (κ1) is 24.3. The maximum Gasteiger partial charge on any atom is 0.345 e. The predicted molar refractivity (Wildman–Crippen MR) is 131 cm³/mol. The molecule has 0 aromatic heterocycles. The monoisotopic (exact) mass is 535 g/mol. The van der Waals surface area contributed by atoms with Crippen molar-refractivity contribution in [1.82, 2.24) is 4.90 Å². The molecule has 3 aromatic carbocycles. The van der Waals surface area contributed by atoms with E-state index in [9.17, 15) is 18.8 Å². The van der Waals surface area contributed by atoms with Gasteiger partial charge in [-0.25, -0.2) is 9.18 Å². The Labute approximate surface area is 213 Å². The van der Waals surface area contributed by atoms with Crippen LogP contribution in [-0.2, 0) is 11.3 Å². The molecule has 5 nitrogen and oxygen atoms in total. The minimum atomic E-state index is -0.704. The molecule has 2 amide bonds. The van der Waals surface area contributed by atoms with Crippen molar-refractivity contribution < 1.29 is 23.5 Å². The van der Waals surface area contributed by atoms with Gasteiger partial charge in [0.2, 0.25) is 0 Å². The van der Waals surface area contributed by atoms with Gasteiger partial charge >= 0.3 is 5.97 Å². The van der Waals surface area contributed by atoms with Crippen LogP contribution in [0, 0.1) is 5.82 Å². The van der Waals surface area contributed by atoms with Crippen molar-refractivity contribution in [3.05, 3.63) is 103 Å². The van der Waals surface area contributed by atoms with Crippen LogP contribution in [0.2, 0.25) is 15.1 Å². The molecule has 0 atom stereocenters. The van der Waals surface area contributed by atoms with Gasteiger partial charge in [-0.2, -0.15) is 0 Å². The number of carbonyl (C=O) groups excluding carboxylic acids is 3. The van der Waals surface area contributed by atoms with Crippen LogP contribution in [0.1, 0.15) is 21.5 Å². The first-order valence-corrected chi connectivity index (χ1v) is 11.6. The number of rotatable bonds is 5. The number of imide groups is 1. The van der Waals surface area contributed by atoms with Gasteiger partial charge in [0.25, 0.3) is 11.1 Å². The zero-order valence-corrected chi connectivity index (χ0v) is 20.1. The fourth-order valence-corrected chi connectivity index (χ4v) is 4.57. The number of esters is 1. The summed E-state index contributed by atoms with van der Waals surface area (Å²) in [5.41, 5.74) is 0.485. The van der Waals surface area contributed by atoms with E-state index in [1.54, 1.807) is 18.2 Å². The number of halogens is 4. The van der Waals surface area contributed by atoms with Gasteiger partial charge in [-0.05, 0) is 60.3 Å². The molecule has 4 rings (SSSR count). The molecule has 1 saturated heterocycles. The lowest BCUT2D eigenvalue weighted by molar-refractivity contribution is -0.123. The van der Waals surface area contributed by atoms with Crippen LogP contribution in [0.15, 0.2) is 65.6 Å². The number of hydrogen-bond donors (Lipinski definition) is 0. The smallest absolute Gasteiger partial charge is 0.345 e. The standard InChI is InChI=1S/C24H13Cl3FNO4S/c25-14-8-9-20(33-23(31)15-4-1-2-5-17(15)26)13(10-14)11-21-22(30)29(24(32)34-21)12-16-18(27)6-3-7-19(16)28/h1-11H,12H2/b21-11-. The maximum absolute atomic E-state index is 14.2. The first-order valence-electron chi connectivity index (χ1n) is 9.69. The molecule has 3 aromatic rings. The Morgan fingerprint density at radius 2 is 1.74 bits per heavy atom. The summed E-state index contributed by atoms with van der Waals surface area (Å²) in [6.07, 6.45) is 1.38. The molecule has 0 radical (unpaired) electrons. The summed E-state index contributed by atoms with van der Waals surface area (Å²) in [4.78, 5) is 39.0. The zero-order chi connectivity index (χ0) is 24.4. The lowest BCUT2D eigenvalue weighted by atomic mass is 10.1. The van der Waals surface area contributed by atoms with Crippen molar-refractivity contribution in [2.45, 2.75) is 6.54 Å². The molecule has 1 heterocycles. The van der Waals surface area contributed by atoms with Crippen LogP contribution < -0.4 is 4.74 Å². The molecule has 0 saturated carbocycles. The minimum Gasteiger partial charge on any atom is -0.422 e. The van der Waals surface area contributed by atoms with Gasteiger partial charge in [0, 0.05) is 21.2 Å². The van der Waals surface area contributed by atoms with Gasteiger partial charge in [0.1, 0.15) is 11.6 Å². The topological polar surface area (TPSA) is 63.7 Å². The van der Waals surface area contributed by atoms with Crippen LogP contribution in [0.25, 0.3) is 6.08 Å². The summed E-state index contributed by atoms with van der Waals surface area (Å²) in [5.74, 6) is -1.86. The van der Waals surface area contributed by atoms with E-state index in [2.05, 4.69) is 0 Å². The minimum absolute atomic E-state index is 0.0323. The second kappa shape index (κ2) is 10.2. The average molecular weight is 537 g/mol. The highest BCUT2D eigenvalue weighted by Crippen LogP contribution is 2.37. The van der Waals surface area contributed by atoms with Crippen LogP contribution in [-0.4, -0.2) is 22.0 Å². The SMILES string of the molecule is O=C(Oc1ccc(Cl)cc1/C=C1\SC(=O)N(Cc2c(F)cccc2Cl)C1=O)c1ccccc1Cl. The third-order valence-electron chi connectivity index (χ3n) is 4.81. The van der Waals surface area contributed by atoms with Gasteiger partial charge in [-0.1, -0.05) is 53.0 Å². The molecule has 10 heteroatoms. The van der Waals surface area contributed by atoms with Gasteiger partial charge in [-0.15, -0.1) is 0 Å². The fraction of sp³-hybridized carbons (Fsp3) is 0.0417. The van der Waals surface area contributed by atoms with Crippen molar-refractivity contribution in [3.8, 4) is 5.75 Å². The van der Waals surface area contributed by atoms with Crippen LogP contribution in [0.4, 0.5) is 9.18 Å². The Morgan fingerprint density at radius 1 is 1.00 bits per heavy atom. The van der Waals surface area contributed by atoms with E-state index >= 15 is 0 Å². The second-order valence-corrected chi connectivity index (χ2v) is 9.26. The largest absolute Gasteiger partial charge is 0.422 e. The Kier molecular flexibility index (Phi) is 7.28. The average Bonchev–Trinajstić information content (AvgIpc) is 3.05. The highest BCUT2D eigenvalue weighted by atomic mass is 35.5. The quantitative estimate of drug-likeness (QED) is 0.195. The van der Waals surface area contributed by atoms with Crippen LogP contribution >= 0.6 is 46.6 Å². The number of nitrogens with zero attached hydrogens (tertiary/aromatic N) is 1. The van der Waals surface area contributed by atoms with Gasteiger partial charge in [0.15, 0.2) is 0 Å². The highest BCUT2D eigenvalue weighted by Gasteiger charge is 2.36. The lowest BCUT2D eigenvalue weighted by Gasteiger charge is -2.14. The van der Waals surface area contributed by atoms with Crippen molar-refractivity contribution in [3.63, 3.8) is 0 Å². The maximum atomic E-state index is 14.2. The van der Waals surface area contributed by atoms with E-state index in [4.69, 9.17) is 39.5 Å². The van der Waals surface area contributed by atoms with Crippen LogP contribution in [0.3, 0.4) is 0 Å². The number of benzene rings is 3. The molecule has 0 unspecified atom stereocenters. The fourth-order valence-electron chi connectivity index (χ4n) is 3.13. The molecule has 1 aliphatic rings. The summed E-state index contributed by atoms with van der Waals surface area (Å²) < 4.78 is 19.6. The van der Waals surface area contributed by atoms with E-state index in [1.807, 2.05) is 0 Å². The molecular weight excluding hydrogens is 524 g/mol. The number of ether oxygens (including phenoxy) is 1. The third-order valence-corrected chi connectivity index (χ3v) is 6.63. The number of hydrogen-bond acceptors (Lipinski definition) is 5. The Balaban J connectivity index is 1.62.